The predicted octanol–water partition coefficient (Wildman–Crippen LogP) is 16.2. The molecule has 1 aromatic carbocycles. The molecular formula is C73H77Br4N21O3S. The fourth-order valence-electron chi connectivity index (χ4n) is 13.7. The topological polar surface area (TPSA) is 271 Å². The maximum absolute atomic E-state index is 11.4. The number of nitrogens with zero attached hydrogens (tertiary/aromatic N) is 17. The average Bonchev–Trinajstić information content (AvgIpc) is 1.61. The van der Waals surface area contributed by atoms with Gasteiger partial charge in [0.2, 0.25) is 0 Å². The maximum atomic E-state index is 11.4. The van der Waals surface area contributed by atoms with E-state index in [1.165, 1.54) is 137 Å². The van der Waals surface area contributed by atoms with Crippen LogP contribution in [0.15, 0.2) is 170 Å². The van der Waals surface area contributed by atoms with Crippen LogP contribution in [0.1, 0.15) is 171 Å². The number of fused-ring (bicyclic) bond motifs is 4. The van der Waals surface area contributed by atoms with E-state index in [9.17, 15) is 10.4 Å². The van der Waals surface area contributed by atoms with Crippen LogP contribution in [0.5, 0.6) is 0 Å². The largest absolute Gasteiger partial charge is 0.619 e. The number of nitrogens with one attached hydrogen (secondary N) is 4. The van der Waals surface area contributed by atoms with Gasteiger partial charge < -0.3 is 36.4 Å². The van der Waals surface area contributed by atoms with Crippen molar-refractivity contribution in [2.75, 3.05) is 34.5 Å². The van der Waals surface area contributed by atoms with E-state index in [1.54, 1.807) is 47.6 Å². The summed E-state index contributed by atoms with van der Waals surface area (Å²) in [4.78, 5) is 23.5. The molecule has 17 rings (SSSR count). The summed E-state index contributed by atoms with van der Waals surface area (Å²) in [6, 6.07) is 28.3. The van der Waals surface area contributed by atoms with E-state index >= 15 is 0 Å². The lowest BCUT2D eigenvalue weighted by atomic mass is 9.87. The van der Waals surface area contributed by atoms with Crippen molar-refractivity contribution in [1.82, 2.24) is 73.0 Å². The summed E-state index contributed by atoms with van der Waals surface area (Å²) in [5.74, 6) is 5.63. The highest BCUT2D eigenvalue weighted by atomic mass is 79.9. The minimum atomic E-state index is 0.304. The zero-order chi connectivity index (χ0) is 69.7. The molecule has 526 valence electrons. The zero-order valence-corrected chi connectivity index (χ0v) is 63.2. The monoisotopic (exact) mass is 1640 g/mol. The molecule has 0 amide bonds. The quantitative estimate of drug-likeness (QED) is 0.0487. The summed E-state index contributed by atoms with van der Waals surface area (Å²) in [5, 5.41) is 60.5. The van der Waals surface area contributed by atoms with Gasteiger partial charge in [-0.25, -0.2) is 19.9 Å². The van der Waals surface area contributed by atoms with Crippen LogP contribution in [0.25, 0.3) is 33.8 Å². The van der Waals surface area contributed by atoms with Gasteiger partial charge >= 0.3 is 0 Å². The predicted molar refractivity (Wildman–Crippen MR) is 408 cm³/mol. The average molecular weight is 1650 g/mol. The first-order valence-corrected chi connectivity index (χ1v) is 38.8. The second-order valence-corrected chi connectivity index (χ2v) is 30.2. The maximum Gasteiger partial charge on any atom is 0.185 e. The van der Waals surface area contributed by atoms with Crippen LogP contribution in [0.3, 0.4) is 0 Å². The van der Waals surface area contributed by atoms with Crippen molar-refractivity contribution in [3.63, 3.8) is 0 Å². The van der Waals surface area contributed by atoms with Crippen molar-refractivity contribution in [2.45, 2.75) is 153 Å². The summed E-state index contributed by atoms with van der Waals surface area (Å²) in [5.41, 5.74) is 14.0. The van der Waals surface area contributed by atoms with E-state index < -0.39 is 0 Å². The second kappa shape index (κ2) is 33.7. The van der Waals surface area contributed by atoms with E-state index in [1.807, 2.05) is 61.8 Å². The van der Waals surface area contributed by atoms with Crippen molar-refractivity contribution in [2.24, 2.45) is 0 Å². The van der Waals surface area contributed by atoms with Crippen LogP contribution in [-0.2, 0) is 30.9 Å². The molecule has 1 atom stereocenters. The third kappa shape index (κ3) is 17.4. The fourth-order valence-corrected chi connectivity index (χ4v) is 15.5. The number of rotatable bonds is 17. The minimum Gasteiger partial charge on any atom is -0.619 e. The molecule has 13 aromatic rings. The molecule has 4 N–H and O–H groups in total. The highest BCUT2D eigenvalue weighted by molar-refractivity contribution is 9.11. The normalized spacial score (nSPS) is 15.9. The molecule has 3 aliphatic carbocycles. The molecule has 3 saturated carbocycles. The molecule has 29 heteroatoms. The van der Waals surface area contributed by atoms with Crippen molar-refractivity contribution in [3.8, 4) is 11.3 Å². The first-order chi connectivity index (χ1) is 50.0. The summed E-state index contributed by atoms with van der Waals surface area (Å²) in [7, 11) is 0. The fraction of sp³-hybridized carbons (Fsp3) is 0.356. The number of halogens is 4. The standard InChI is InChI=1S/C21H21BrN6S.C18H20BrN5O.C18H20BrN5.C16H16BrN5O2/c22-17-12-24-28-20(10-18(25-21(17)28)15-4-2-1-3-5-15)23-11-14-6-8-16(9-7-14)19-13-29-27-26-19;19-15-11-21-24-17(20-10-13-5-4-8-23(25)12-13)9-16(22-18(15)24)14-6-2-1-3-7-14;19-15-12-22-24-17(21-11-13-5-4-8-20-10-13)9-16(23-18(15)24)14-6-2-1-3-7-14;17-13-8-19-22-15(18-7-11-2-1-4-21(23)9-11)6-14(20-16(13)22)12-3-5-24-10-12/h6-10,12-13,15,23H,1-5,11H2;4-5,8-9,11-12,14,20H,1-3,6-7,10H2;4-5,8-10,12,14,21H,1-3,6-7,11H2;1-2,4,6,8-9,12,18H,3,5,7,10H2. The number of hydrogen-bond donors (Lipinski definition) is 4. The van der Waals surface area contributed by atoms with E-state index in [4.69, 9.17) is 24.7 Å². The summed E-state index contributed by atoms with van der Waals surface area (Å²) < 4.78 is 22.0. The molecule has 0 spiro atoms. The Kier molecular flexibility index (Phi) is 23.2. The van der Waals surface area contributed by atoms with Gasteiger partial charge in [-0.2, -0.15) is 47.9 Å². The van der Waals surface area contributed by atoms with Gasteiger partial charge in [0.1, 0.15) is 29.0 Å². The van der Waals surface area contributed by atoms with Crippen LogP contribution >= 0.6 is 75.3 Å². The Morgan fingerprint density at radius 3 is 1.21 bits per heavy atom. The van der Waals surface area contributed by atoms with Crippen molar-refractivity contribution >= 4 is 121 Å². The number of benzene rings is 1. The van der Waals surface area contributed by atoms with Gasteiger partial charge in [0.25, 0.3) is 0 Å². The lowest BCUT2D eigenvalue weighted by Crippen LogP contribution is -2.25. The highest BCUT2D eigenvalue weighted by Crippen LogP contribution is 2.38. The first kappa shape index (κ1) is 70.4. The van der Waals surface area contributed by atoms with Crippen LogP contribution in [-0.4, -0.2) is 86.2 Å². The SMILES string of the molecule is Brc1cnn2c(NCc3ccc(-c4csnn4)cc3)cc(C3CCCCC3)nc12.Brc1cnn2c(NCc3cccnc3)cc(C3CCCCC3)nc12.[O-][n+]1cccc(CNc2cc(C3CCCCC3)nc3c(Br)cnn23)c1.[O-][n+]1cccc(CNc2cc(C3CCOC3)nc3c(Br)cnn23)c1. The number of hydrogen-bond acceptors (Lipinski definition) is 19. The molecule has 1 saturated heterocycles. The molecule has 4 fully saturated rings. The van der Waals surface area contributed by atoms with Crippen LogP contribution in [0.4, 0.5) is 23.3 Å². The molecule has 1 unspecified atom stereocenters. The summed E-state index contributed by atoms with van der Waals surface area (Å²) in [6.07, 6.45) is 36.9. The van der Waals surface area contributed by atoms with Gasteiger partial charge in [-0.3, -0.25) is 4.98 Å². The third-order valence-electron chi connectivity index (χ3n) is 19.1. The van der Waals surface area contributed by atoms with Crippen LogP contribution < -0.4 is 30.7 Å². The molecular weight excluding hydrogens is 1570 g/mol. The van der Waals surface area contributed by atoms with Gasteiger partial charge in [0.05, 0.1) is 55.0 Å². The number of ether oxygens (including phenoxy) is 1. The first-order valence-electron chi connectivity index (χ1n) is 34.8. The van der Waals surface area contributed by atoms with Gasteiger partial charge in [0, 0.05) is 144 Å². The van der Waals surface area contributed by atoms with Crippen molar-refractivity contribution in [3.05, 3.63) is 226 Å². The zero-order valence-electron chi connectivity index (χ0n) is 56.0. The molecule has 4 aliphatic rings. The highest BCUT2D eigenvalue weighted by Gasteiger charge is 2.25. The Balaban J connectivity index is 0.000000116. The Morgan fingerprint density at radius 1 is 0.451 bits per heavy atom. The molecule has 12 aromatic heterocycles. The van der Waals surface area contributed by atoms with Crippen molar-refractivity contribution < 1.29 is 14.2 Å². The second-order valence-electron chi connectivity index (χ2n) is 26.1. The number of aromatic nitrogens is 17. The summed E-state index contributed by atoms with van der Waals surface area (Å²) >= 11 is 15.6. The van der Waals surface area contributed by atoms with Crippen LogP contribution in [0.2, 0.25) is 0 Å². The van der Waals surface area contributed by atoms with Gasteiger partial charge in [-0.05, 0) is 150 Å². The minimum absolute atomic E-state index is 0.304. The Labute approximate surface area is 627 Å². The molecule has 1 aliphatic heterocycles. The smallest absolute Gasteiger partial charge is 0.185 e. The van der Waals surface area contributed by atoms with Crippen LogP contribution in [0, 0.1) is 10.4 Å². The van der Waals surface area contributed by atoms with Gasteiger partial charge in [-0.1, -0.05) is 92.6 Å². The molecule has 0 bridgehead atoms. The van der Waals surface area contributed by atoms with E-state index in [0.717, 1.165) is 132 Å². The Hall–Kier alpha value is -8.61. The van der Waals surface area contributed by atoms with E-state index in [2.05, 4.69) is 168 Å². The van der Waals surface area contributed by atoms with E-state index in [-0.39, 0.29) is 0 Å². The van der Waals surface area contributed by atoms with Gasteiger partial charge in [-0.15, -0.1) is 5.10 Å². The number of pyridine rings is 3. The lowest BCUT2D eigenvalue weighted by Gasteiger charge is -2.22. The third-order valence-corrected chi connectivity index (χ3v) is 21.9. The van der Waals surface area contributed by atoms with Crippen molar-refractivity contribution in [1.29, 1.82) is 0 Å². The Morgan fingerprint density at radius 2 is 0.843 bits per heavy atom. The lowest BCUT2D eigenvalue weighted by molar-refractivity contribution is -0.606. The molecule has 0 radical (unpaired) electrons. The van der Waals surface area contributed by atoms with Gasteiger partial charge in [0.15, 0.2) is 47.4 Å². The molecule has 13 heterocycles. The molecule has 24 nitrogen and oxygen atoms in total. The molecule has 102 heavy (non-hydrogen) atoms. The van der Waals surface area contributed by atoms with E-state index in [0.29, 0.717) is 49.9 Å². The summed E-state index contributed by atoms with van der Waals surface area (Å²) in [6.45, 7) is 3.99. The number of anilines is 4. The Bertz CT molecular complexity index is 4910.